The van der Waals surface area contributed by atoms with Crippen molar-refractivity contribution in [2.24, 2.45) is 0 Å². The van der Waals surface area contributed by atoms with Crippen LogP contribution < -0.4 is 5.32 Å². The van der Waals surface area contributed by atoms with Crippen LogP contribution in [-0.4, -0.2) is 36.0 Å². The average molecular weight is 270 g/mol. The van der Waals surface area contributed by atoms with Gasteiger partial charge >= 0.3 is 0 Å². The number of hydrogen-bond acceptors (Lipinski definition) is 2. The van der Waals surface area contributed by atoms with E-state index in [1.807, 2.05) is 0 Å². The first-order valence-electron chi connectivity index (χ1n) is 8.02. The van der Waals surface area contributed by atoms with E-state index in [1.54, 1.807) is 6.92 Å². The molecule has 0 bridgehead atoms. The predicted octanol–water partition coefficient (Wildman–Crippen LogP) is 3.58. The standard InChI is InChI=1S/C11H22N2O.C5H12/c1-9(2)13-7-4-5-11(6-8-13)12-10(3)14;1-3-5-4-2/h9,11H,4-8H2,1-3H3,(H,12,14);3-5H2,1-2H3. The van der Waals surface area contributed by atoms with E-state index in [-0.39, 0.29) is 5.91 Å². The highest BCUT2D eigenvalue weighted by Gasteiger charge is 2.18. The summed E-state index contributed by atoms with van der Waals surface area (Å²) in [4.78, 5) is 13.4. The van der Waals surface area contributed by atoms with E-state index in [9.17, 15) is 4.79 Å². The lowest BCUT2D eigenvalue weighted by Gasteiger charge is -2.24. The summed E-state index contributed by atoms with van der Waals surface area (Å²) in [5.74, 6) is 0.105. The van der Waals surface area contributed by atoms with Gasteiger partial charge in [0.05, 0.1) is 0 Å². The van der Waals surface area contributed by atoms with Crippen LogP contribution in [0.5, 0.6) is 0 Å². The van der Waals surface area contributed by atoms with Gasteiger partial charge in [-0.2, -0.15) is 0 Å². The zero-order chi connectivity index (χ0) is 14.7. The third-order valence-corrected chi connectivity index (χ3v) is 3.61. The number of nitrogens with zero attached hydrogens (tertiary/aromatic N) is 1. The molecule has 1 heterocycles. The molecule has 1 fully saturated rings. The van der Waals surface area contributed by atoms with Crippen LogP contribution in [0.1, 0.15) is 73.1 Å². The number of unbranched alkanes of at least 4 members (excludes halogenated alkanes) is 2. The first kappa shape index (κ1) is 18.4. The molecule has 0 aromatic heterocycles. The summed E-state index contributed by atoms with van der Waals surface area (Å²) >= 11 is 0. The number of hydrogen-bond donors (Lipinski definition) is 1. The lowest BCUT2D eigenvalue weighted by molar-refractivity contribution is -0.119. The molecule has 1 atom stereocenters. The zero-order valence-electron chi connectivity index (χ0n) is 13.7. The molecule has 3 nitrogen and oxygen atoms in total. The minimum atomic E-state index is 0.105. The molecule has 0 saturated carbocycles. The van der Waals surface area contributed by atoms with E-state index in [4.69, 9.17) is 0 Å². The van der Waals surface area contributed by atoms with Gasteiger partial charge in [-0.05, 0) is 39.7 Å². The molecule has 1 aliphatic rings. The van der Waals surface area contributed by atoms with E-state index >= 15 is 0 Å². The largest absolute Gasteiger partial charge is 0.354 e. The zero-order valence-corrected chi connectivity index (χ0v) is 13.7. The monoisotopic (exact) mass is 270 g/mol. The summed E-state index contributed by atoms with van der Waals surface area (Å²) in [6.45, 7) is 12.8. The van der Waals surface area contributed by atoms with Gasteiger partial charge in [-0.1, -0.05) is 33.1 Å². The summed E-state index contributed by atoms with van der Waals surface area (Å²) in [5, 5.41) is 3.02. The van der Waals surface area contributed by atoms with Gasteiger partial charge in [-0.3, -0.25) is 4.79 Å². The van der Waals surface area contributed by atoms with E-state index < -0.39 is 0 Å². The summed E-state index contributed by atoms with van der Waals surface area (Å²) in [6, 6.07) is 1.03. The Morgan fingerprint density at radius 2 is 1.84 bits per heavy atom. The second-order valence-electron chi connectivity index (χ2n) is 5.81. The molecular formula is C16H34N2O. The second kappa shape index (κ2) is 11.3. The highest BCUT2D eigenvalue weighted by molar-refractivity contribution is 5.73. The Balaban J connectivity index is 0.000000555. The molecule has 1 aliphatic heterocycles. The maximum atomic E-state index is 10.9. The number of carbonyl (C=O) groups is 1. The van der Waals surface area contributed by atoms with Gasteiger partial charge in [0, 0.05) is 25.6 Å². The van der Waals surface area contributed by atoms with Crippen LogP contribution in [-0.2, 0) is 4.79 Å². The number of nitrogens with one attached hydrogen (secondary N) is 1. The highest BCUT2D eigenvalue weighted by atomic mass is 16.1. The fraction of sp³-hybridized carbons (Fsp3) is 0.938. The van der Waals surface area contributed by atoms with Crippen LogP contribution in [0.2, 0.25) is 0 Å². The average Bonchev–Trinajstić information content (AvgIpc) is 2.56. The summed E-state index contributed by atoms with van der Waals surface area (Å²) in [7, 11) is 0. The Kier molecular flexibility index (Phi) is 10.9. The van der Waals surface area contributed by atoms with Crippen molar-refractivity contribution in [3.05, 3.63) is 0 Å². The van der Waals surface area contributed by atoms with Crippen LogP contribution in [0, 0.1) is 0 Å². The van der Waals surface area contributed by atoms with Crippen molar-refractivity contribution in [3.8, 4) is 0 Å². The number of carbonyl (C=O) groups excluding carboxylic acids is 1. The van der Waals surface area contributed by atoms with E-state index in [0.717, 1.165) is 19.4 Å². The molecule has 1 unspecified atom stereocenters. The second-order valence-corrected chi connectivity index (χ2v) is 5.81. The lowest BCUT2D eigenvalue weighted by atomic mass is 10.1. The molecule has 0 aliphatic carbocycles. The lowest BCUT2D eigenvalue weighted by Crippen LogP contribution is -2.35. The molecule has 0 aromatic rings. The molecule has 0 aromatic carbocycles. The first-order valence-corrected chi connectivity index (χ1v) is 8.02. The molecule has 0 radical (unpaired) electrons. The fourth-order valence-corrected chi connectivity index (χ4v) is 2.42. The molecule has 1 N–H and O–H groups in total. The van der Waals surface area contributed by atoms with Gasteiger partial charge in [0.15, 0.2) is 0 Å². The normalized spacial score (nSPS) is 20.4. The molecule has 3 heteroatoms. The van der Waals surface area contributed by atoms with Crippen LogP contribution in [0.15, 0.2) is 0 Å². The van der Waals surface area contributed by atoms with Crippen molar-refractivity contribution in [2.75, 3.05) is 13.1 Å². The van der Waals surface area contributed by atoms with Crippen LogP contribution >= 0.6 is 0 Å². The topological polar surface area (TPSA) is 32.3 Å². The van der Waals surface area contributed by atoms with Crippen molar-refractivity contribution < 1.29 is 4.79 Å². The minimum Gasteiger partial charge on any atom is -0.354 e. The molecule has 19 heavy (non-hydrogen) atoms. The predicted molar refractivity (Wildman–Crippen MR) is 83.4 cm³/mol. The Bertz CT molecular complexity index is 227. The summed E-state index contributed by atoms with van der Waals surface area (Å²) in [6.07, 6.45) is 7.50. The quantitative estimate of drug-likeness (QED) is 0.847. The maximum Gasteiger partial charge on any atom is 0.217 e. The Hall–Kier alpha value is -0.570. The van der Waals surface area contributed by atoms with Crippen molar-refractivity contribution in [2.45, 2.75) is 85.2 Å². The molecule has 1 amide bonds. The van der Waals surface area contributed by atoms with Crippen LogP contribution in [0.4, 0.5) is 0 Å². The van der Waals surface area contributed by atoms with Gasteiger partial charge in [0.1, 0.15) is 0 Å². The van der Waals surface area contributed by atoms with E-state index in [1.165, 1.54) is 32.2 Å². The van der Waals surface area contributed by atoms with Gasteiger partial charge in [0.25, 0.3) is 0 Å². The smallest absolute Gasteiger partial charge is 0.217 e. The van der Waals surface area contributed by atoms with Crippen molar-refractivity contribution in [1.82, 2.24) is 10.2 Å². The molecule has 1 saturated heterocycles. The van der Waals surface area contributed by atoms with E-state index in [0.29, 0.717) is 12.1 Å². The Labute approximate surface area is 120 Å². The highest BCUT2D eigenvalue weighted by Crippen LogP contribution is 2.13. The maximum absolute atomic E-state index is 10.9. The molecule has 1 rings (SSSR count). The first-order chi connectivity index (χ1) is 9.01. The van der Waals surface area contributed by atoms with Crippen molar-refractivity contribution >= 4 is 5.91 Å². The molecular weight excluding hydrogens is 236 g/mol. The third kappa shape index (κ3) is 9.94. The van der Waals surface area contributed by atoms with Gasteiger partial charge < -0.3 is 10.2 Å². The third-order valence-electron chi connectivity index (χ3n) is 3.61. The minimum absolute atomic E-state index is 0.105. The molecule has 0 spiro atoms. The SMILES string of the molecule is CC(=O)NC1CCCN(C(C)C)CC1.CCCCC. The number of amides is 1. The van der Waals surface area contributed by atoms with Crippen molar-refractivity contribution in [3.63, 3.8) is 0 Å². The summed E-state index contributed by atoms with van der Waals surface area (Å²) in [5.41, 5.74) is 0. The Morgan fingerprint density at radius 1 is 1.21 bits per heavy atom. The van der Waals surface area contributed by atoms with Crippen LogP contribution in [0.25, 0.3) is 0 Å². The van der Waals surface area contributed by atoms with Gasteiger partial charge in [-0.15, -0.1) is 0 Å². The Morgan fingerprint density at radius 3 is 2.26 bits per heavy atom. The number of likely N-dealkylation sites (tertiary alicyclic amines) is 1. The number of rotatable bonds is 4. The van der Waals surface area contributed by atoms with E-state index in [2.05, 4.69) is 37.9 Å². The fourth-order valence-electron chi connectivity index (χ4n) is 2.42. The molecule has 114 valence electrons. The van der Waals surface area contributed by atoms with Gasteiger partial charge in [0.2, 0.25) is 5.91 Å². The van der Waals surface area contributed by atoms with Crippen molar-refractivity contribution in [1.29, 1.82) is 0 Å². The van der Waals surface area contributed by atoms with Crippen LogP contribution in [0.3, 0.4) is 0 Å². The van der Waals surface area contributed by atoms with Gasteiger partial charge in [-0.25, -0.2) is 0 Å². The summed E-state index contributed by atoms with van der Waals surface area (Å²) < 4.78 is 0.